The van der Waals surface area contributed by atoms with Gasteiger partial charge in [-0.3, -0.25) is 9.80 Å². The summed E-state index contributed by atoms with van der Waals surface area (Å²) in [6.45, 7) is 7.08. The average Bonchev–Trinajstić information content (AvgIpc) is 2.89. The van der Waals surface area contributed by atoms with Crippen LogP contribution >= 0.6 is 11.3 Å². The van der Waals surface area contributed by atoms with Crippen LogP contribution in [0.3, 0.4) is 0 Å². The van der Waals surface area contributed by atoms with Crippen molar-refractivity contribution in [3.63, 3.8) is 0 Å². The van der Waals surface area contributed by atoms with Gasteiger partial charge in [0.25, 0.3) is 0 Å². The van der Waals surface area contributed by atoms with Crippen LogP contribution in [-0.4, -0.2) is 53.2 Å². The van der Waals surface area contributed by atoms with Gasteiger partial charge in [0, 0.05) is 36.6 Å². The van der Waals surface area contributed by atoms with Crippen LogP contribution in [0.15, 0.2) is 12.1 Å². The molecule has 3 nitrogen and oxygen atoms in total. The van der Waals surface area contributed by atoms with E-state index < -0.39 is 0 Å². The van der Waals surface area contributed by atoms with Crippen molar-refractivity contribution in [3.8, 4) is 11.8 Å². The number of hydrogen-bond acceptors (Lipinski definition) is 4. The molecule has 2 aliphatic heterocycles. The summed E-state index contributed by atoms with van der Waals surface area (Å²) in [6, 6.07) is 5.78. The normalized spacial score (nSPS) is 24.4. The van der Waals surface area contributed by atoms with Crippen LogP contribution in [0.4, 0.5) is 0 Å². The van der Waals surface area contributed by atoms with Gasteiger partial charge in [-0.1, -0.05) is 18.3 Å². The third kappa shape index (κ3) is 3.67. The molecule has 0 radical (unpaired) electrons. The molecule has 0 amide bonds. The van der Waals surface area contributed by atoms with Crippen molar-refractivity contribution in [3.05, 3.63) is 21.9 Å². The van der Waals surface area contributed by atoms with Gasteiger partial charge in [0.05, 0.1) is 4.88 Å². The Morgan fingerprint density at radius 2 is 2.19 bits per heavy atom. The van der Waals surface area contributed by atoms with Gasteiger partial charge < -0.3 is 5.11 Å². The number of thiophene rings is 1. The number of hydrogen-bond donors (Lipinski definition) is 1. The molecule has 1 atom stereocenters. The lowest BCUT2D eigenvalue weighted by Crippen LogP contribution is -2.61. The zero-order valence-corrected chi connectivity index (χ0v) is 13.5. The van der Waals surface area contributed by atoms with Crippen LogP contribution in [0, 0.1) is 11.8 Å². The van der Waals surface area contributed by atoms with Crippen molar-refractivity contribution in [1.29, 1.82) is 0 Å². The van der Waals surface area contributed by atoms with Crippen LogP contribution in [-0.2, 0) is 6.54 Å². The molecular weight excluding hydrogens is 280 g/mol. The summed E-state index contributed by atoms with van der Waals surface area (Å²) in [4.78, 5) is 7.68. The molecule has 1 N–H and O–H groups in total. The highest BCUT2D eigenvalue weighted by Crippen LogP contribution is 2.26. The lowest BCUT2D eigenvalue weighted by atomic mass is 9.97. The average molecular weight is 304 g/mol. The van der Waals surface area contributed by atoms with E-state index >= 15 is 0 Å². The van der Waals surface area contributed by atoms with Gasteiger partial charge in [0.1, 0.15) is 6.61 Å². The van der Waals surface area contributed by atoms with E-state index in [0.29, 0.717) is 0 Å². The fraction of sp³-hybridized carbons (Fsp3) is 0.647. The zero-order valence-electron chi connectivity index (χ0n) is 12.7. The van der Waals surface area contributed by atoms with E-state index in [0.717, 1.165) is 23.5 Å². The van der Waals surface area contributed by atoms with Crippen LogP contribution in [0.2, 0.25) is 0 Å². The van der Waals surface area contributed by atoms with E-state index in [2.05, 4.69) is 40.7 Å². The van der Waals surface area contributed by atoms with Crippen molar-refractivity contribution in [1.82, 2.24) is 9.80 Å². The van der Waals surface area contributed by atoms with Crippen LogP contribution in [0.25, 0.3) is 0 Å². The summed E-state index contributed by atoms with van der Waals surface area (Å²) in [5.41, 5.74) is 0. The molecule has 2 saturated heterocycles. The van der Waals surface area contributed by atoms with Gasteiger partial charge in [0.15, 0.2) is 0 Å². The SMILES string of the molecule is CC1CCCCN1C1CN(Cc2ccc(C#CCO)s2)C1. The molecule has 0 bridgehead atoms. The smallest absolute Gasteiger partial charge is 0.104 e. The molecule has 1 aromatic rings. The number of rotatable bonds is 3. The highest BCUT2D eigenvalue weighted by Gasteiger charge is 2.34. The highest BCUT2D eigenvalue weighted by molar-refractivity contribution is 7.12. The molecule has 2 fully saturated rings. The standard InChI is InChI=1S/C17H24N2OS/c1-14-5-2-3-9-19(14)15-11-18(12-15)13-17-8-7-16(21-17)6-4-10-20/h7-8,14-15,20H,2-3,5,9-13H2,1H3. The second kappa shape index (κ2) is 6.93. The number of piperidine rings is 1. The van der Waals surface area contributed by atoms with Gasteiger partial charge in [-0.15, -0.1) is 11.3 Å². The molecule has 1 unspecified atom stereocenters. The van der Waals surface area contributed by atoms with Crippen LogP contribution < -0.4 is 0 Å². The first-order valence-electron chi connectivity index (χ1n) is 7.93. The fourth-order valence-corrected chi connectivity index (χ4v) is 4.35. The Labute approximate surface area is 131 Å². The van der Waals surface area contributed by atoms with E-state index in [1.54, 1.807) is 11.3 Å². The minimum absolute atomic E-state index is 0.0605. The summed E-state index contributed by atoms with van der Waals surface area (Å²) in [6.07, 6.45) is 4.15. The Bertz CT molecular complexity index is 524. The first-order valence-corrected chi connectivity index (χ1v) is 8.74. The minimum atomic E-state index is -0.0605. The summed E-state index contributed by atoms with van der Waals surface area (Å²) in [5, 5.41) is 8.72. The first kappa shape index (κ1) is 15.1. The maximum atomic E-state index is 8.72. The summed E-state index contributed by atoms with van der Waals surface area (Å²) >= 11 is 1.75. The van der Waals surface area contributed by atoms with Crippen LogP contribution in [0.5, 0.6) is 0 Å². The van der Waals surface area contributed by atoms with E-state index in [9.17, 15) is 0 Å². The summed E-state index contributed by atoms with van der Waals surface area (Å²) in [5.74, 6) is 5.69. The van der Waals surface area contributed by atoms with Crippen LogP contribution in [0.1, 0.15) is 35.9 Å². The maximum Gasteiger partial charge on any atom is 0.104 e. The van der Waals surface area contributed by atoms with Crippen molar-refractivity contribution in [2.45, 2.75) is 44.8 Å². The molecule has 2 aliphatic rings. The summed E-state index contributed by atoms with van der Waals surface area (Å²) in [7, 11) is 0. The highest BCUT2D eigenvalue weighted by atomic mass is 32.1. The van der Waals surface area contributed by atoms with E-state index in [1.807, 2.05) is 0 Å². The molecule has 114 valence electrons. The second-order valence-electron chi connectivity index (χ2n) is 6.16. The Kier molecular flexibility index (Phi) is 4.97. The minimum Gasteiger partial charge on any atom is -0.384 e. The number of aliphatic hydroxyl groups is 1. The lowest BCUT2D eigenvalue weighted by molar-refractivity contribution is -0.00574. The van der Waals surface area contributed by atoms with Gasteiger partial charge >= 0.3 is 0 Å². The van der Waals surface area contributed by atoms with E-state index in [1.165, 1.54) is 43.8 Å². The summed E-state index contributed by atoms with van der Waals surface area (Å²) < 4.78 is 0. The predicted molar refractivity (Wildman–Crippen MR) is 87.4 cm³/mol. The van der Waals surface area contributed by atoms with Crippen molar-refractivity contribution >= 4 is 11.3 Å². The first-order chi connectivity index (χ1) is 10.3. The molecule has 0 spiro atoms. The van der Waals surface area contributed by atoms with Crippen molar-refractivity contribution in [2.24, 2.45) is 0 Å². The number of likely N-dealkylation sites (tertiary alicyclic amines) is 2. The van der Waals surface area contributed by atoms with Gasteiger partial charge in [-0.05, 0) is 38.4 Å². The Balaban J connectivity index is 1.47. The predicted octanol–water partition coefficient (Wildman–Crippen LogP) is 2.15. The topological polar surface area (TPSA) is 26.7 Å². The molecule has 0 aromatic carbocycles. The second-order valence-corrected chi connectivity index (χ2v) is 7.32. The van der Waals surface area contributed by atoms with E-state index in [4.69, 9.17) is 5.11 Å². The van der Waals surface area contributed by atoms with Crippen molar-refractivity contribution < 1.29 is 5.11 Å². The molecule has 0 saturated carbocycles. The van der Waals surface area contributed by atoms with E-state index in [-0.39, 0.29) is 6.61 Å². The molecule has 3 rings (SSSR count). The van der Waals surface area contributed by atoms with Gasteiger partial charge in [-0.2, -0.15) is 0 Å². The largest absolute Gasteiger partial charge is 0.384 e. The Morgan fingerprint density at radius 3 is 2.95 bits per heavy atom. The maximum absolute atomic E-state index is 8.72. The molecular formula is C17H24N2OS. The Hall–Kier alpha value is -0.860. The van der Waals surface area contributed by atoms with Gasteiger partial charge in [0.2, 0.25) is 0 Å². The monoisotopic (exact) mass is 304 g/mol. The lowest BCUT2D eigenvalue weighted by Gasteiger charge is -2.49. The molecule has 21 heavy (non-hydrogen) atoms. The third-order valence-electron chi connectivity index (χ3n) is 4.59. The number of aliphatic hydroxyl groups excluding tert-OH is 1. The third-order valence-corrected chi connectivity index (χ3v) is 5.58. The van der Waals surface area contributed by atoms with Crippen molar-refractivity contribution in [2.75, 3.05) is 26.2 Å². The fourth-order valence-electron chi connectivity index (χ4n) is 3.42. The molecule has 4 heteroatoms. The zero-order chi connectivity index (χ0) is 14.7. The number of nitrogens with zero attached hydrogens (tertiary/aromatic N) is 2. The Morgan fingerprint density at radius 1 is 1.33 bits per heavy atom. The molecule has 1 aromatic heterocycles. The van der Waals surface area contributed by atoms with Gasteiger partial charge in [-0.25, -0.2) is 0 Å². The quantitative estimate of drug-likeness (QED) is 0.867. The molecule has 0 aliphatic carbocycles. The molecule has 3 heterocycles.